The highest BCUT2D eigenvalue weighted by molar-refractivity contribution is 5.87. The van der Waals surface area contributed by atoms with Crippen LogP contribution in [0.2, 0.25) is 0 Å². The van der Waals surface area contributed by atoms with E-state index in [1.54, 1.807) is 19.2 Å². The van der Waals surface area contributed by atoms with Crippen molar-refractivity contribution in [1.82, 2.24) is 5.32 Å². The van der Waals surface area contributed by atoms with Crippen molar-refractivity contribution in [2.45, 2.75) is 38.8 Å². The van der Waals surface area contributed by atoms with Crippen molar-refractivity contribution < 1.29 is 24.2 Å². The van der Waals surface area contributed by atoms with Crippen molar-refractivity contribution in [2.75, 3.05) is 14.2 Å². The molecule has 0 radical (unpaired) electrons. The fourth-order valence-corrected chi connectivity index (χ4v) is 2.15. The maximum atomic E-state index is 12.0. The quantitative estimate of drug-likeness (QED) is 0.705. The van der Waals surface area contributed by atoms with E-state index < -0.39 is 24.0 Å². The third-order valence-corrected chi connectivity index (χ3v) is 3.40. The van der Waals surface area contributed by atoms with Crippen molar-refractivity contribution in [1.29, 1.82) is 0 Å². The Morgan fingerprint density at radius 2 is 1.78 bits per heavy atom. The number of nitrogens with one attached hydrogen (secondary N) is 1. The van der Waals surface area contributed by atoms with Crippen LogP contribution in [0.15, 0.2) is 24.3 Å². The minimum Gasteiger partial charge on any atom is -0.497 e. The van der Waals surface area contributed by atoms with Crippen LogP contribution in [-0.4, -0.2) is 43.3 Å². The Morgan fingerprint density at radius 1 is 1.17 bits per heavy atom. The van der Waals surface area contributed by atoms with Crippen LogP contribution in [0, 0.1) is 5.92 Å². The van der Waals surface area contributed by atoms with E-state index in [1.807, 2.05) is 26.0 Å². The molecular weight excluding hydrogens is 298 g/mol. The standard InChI is InChI=1S/C17H25NO5/c1-11(2)9-15(19)16(20)18-14(17(21)23-4)10-12-5-7-13(22-3)8-6-12/h5-8,11,14-15,19H,9-10H2,1-4H3,(H,18,20)/t14-,15+/m1/s1. The van der Waals surface area contributed by atoms with Crippen LogP contribution in [0.1, 0.15) is 25.8 Å². The number of carbonyl (C=O) groups excluding carboxylic acids is 2. The Kier molecular flexibility index (Phi) is 7.54. The highest BCUT2D eigenvalue weighted by atomic mass is 16.5. The van der Waals surface area contributed by atoms with E-state index in [-0.39, 0.29) is 12.3 Å². The molecule has 128 valence electrons. The zero-order valence-corrected chi connectivity index (χ0v) is 14.0. The molecule has 0 aromatic heterocycles. The Balaban J connectivity index is 2.75. The third-order valence-electron chi connectivity index (χ3n) is 3.40. The van der Waals surface area contributed by atoms with Crippen molar-refractivity contribution >= 4 is 11.9 Å². The van der Waals surface area contributed by atoms with E-state index in [4.69, 9.17) is 9.47 Å². The van der Waals surface area contributed by atoms with E-state index in [0.29, 0.717) is 12.2 Å². The van der Waals surface area contributed by atoms with Gasteiger partial charge in [0.2, 0.25) is 5.91 Å². The predicted molar refractivity (Wildman–Crippen MR) is 86.1 cm³/mol. The summed E-state index contributed by atoms with van der Waals surface area (Å²) in [4.78, 5) is 23.9. The number of methoxy groups -OCH3 is 2. The first-order valence-electron chi connectivity index (χ1n) is 7.56. The number of rotatable bonds is 8. The Bertz CT molecular complexity index is 512. The maximum Gasteiger partial charge on any atom is 0.328 e. The molecule has 0 heterocycles. The van der Waals surface area contributed by atoms with Gasteiger partial charge in [0.25, 0.3) is 0 Å². The molecule has 0 aliphatic heterocycles. The zero-order chi connectivity index (χ0) is 17.4. The number of esters is 1. The smallest absolute Gasteiger partial charge is 0.328 e. The van der Waals surface area contributed by atoms with Crippen LogP contribution < -0.4 is 10.1 Å². The average molecular weight is 323 g/mol. The van der Waals surface area contributed by atoms with Crippen molar-refractivity contribution in [3.63, 3.8) is 0 Å². The van der Waals surface area contributed by atoms with Gasteiger partial charge in [-0.2, -0.15) is 0 Å². The average Bonchev–Trinajstić information content (AvgIpc) is 2.53. The van der Waals surface area contributed by atoms with Gasteiger partial charge < -0.3 is 19.9 Å². The van der Waals surface area contributed by atoms with Gasteiger partial charge >= 0.3 is 5.97 Å². The van der Waals surface area contributed by atoms with E-state index in [1.165, 1.54) is 7.11 Å². The molecule has 0 aliphatic rings. The minimum atomic E-state index is -1.14. The van der Waals surface area contributed by atoms with Gasteiger partial charge in [0.1, 0.15) is 17.9 Å². The molecule has 0 unspecified atom stereocenters. The monoisotopic (exact) mass is 323 g/mol. The molecule has 0 bridgehead atoms. The number of amides is 1. The number of aliphatic hydroxyl groups is 1. The summed E-state index contributed by atoms with van der Waals surface area (Å²) < 4.78 is 9.81. The molecule has 1 rings (SSSR count). The lowest BCUT2D eigenvalue weighted by Gasteiger charge is -2.19. The van der Waals surface area contributed by atoms with E-state index >= 15 is 0 Å². The first-order valence-corrected chi connectivity index (χ1v) is 7.56. The third kappa shape index (κ3) is 6.28. The number of benzene rings is 1. The molecule has 1 aromatic rings. The highest BCUT2D eigenvalue weighted by Gasteiger charge is 2.25. The summed E-state index contributed by atoms with van der Waals surface area (Å²) in [6.45, 7) is 3.82. The molecule has 6 heteroatoms. The van der Waals surface area contributed by atoms with Crippen LogP contribution in [0.5, 0.6) is 5.75 Å². The van der Waals surface area contributed by atoms with Crippen LogP contribution in [-0.2, 0) is 20.7 Å². The van der Waals surface area contributed by atoms with Crippen molar-refractivity contribution in [3.8, 4) is 5.75 Å². The summed E-state index contributed by atoms with van der Waals surface area (Å²) >= 11 is 0. The van der Waals surface area contributed by atoms with Crippen LogP contribution in [0.4, 0.5) is 0 Å². The normalized spacial score (nSPS) is 13.3. The predicted octanol–water partition coefficient (Wildman–Crippen LogP) is 1.30. The molecule has 1 amide bonds. The molecule has 23 heavy (non-hydrogen) atoms. The lowest BCUT2D eigenvalue weighted by atomic mass is 10.0. The van der Waals surface area contributed by atoms with Gasteiger partial charge in [-0.25, -0.2) is 4.79 Å². The Labute approximate surface area is 136 Å². The van der Waals surface area contributed by atoms with E-state index in [9.17, 15) is 14.7 Å². The van der Waals surface area contributed by atoms with Gasteiger partial charge in [-0.05, 0) is 30.0 Å². The minimum absolute atomic E-state index is 0.175. The van der Waals surface area contributed by atoms with Crippen molar-refractivity contribution in [3.05, 3.63) is 29.8 Å². The molecule has 0 fully saturated rings. The zero-order valence-electron chi connectivity index (χ0n) is 14.0. The Hall–Kier alpha value is -2.08. The van der Waals surface area contributed by atoms with Crippen LogP contribution >= 0.6 is 0 Å². The number of hydrogen-bond donors (Lipinski definition) is 2. The fraction of sp³-hybridized carbons (Fsp3) is 0.529. The van der Waals surface area contributed by atoms with Gasteiger partial charge in [-0.3, -0.25) is 4.79 Å². The van der Waals surface area contributed by atoms with Gasteiger partial charge in [-0.1, -0.05) is 26.0 Å². The summed E-state index contributed by atoms with van der Waals surface area (Å²) in [6, 6.07) is 6.33. The summed E-state index contributed by atoms with van der Waals surface area (Å²) in [5.74, 6) is -0.234. The Morgan fingerprint density at radius 3 is 2.26 bits per heavy atom. The fourth-order valence-electron chi connectivity index (χ4n) is 2.15. The molecule has 2 atom stereocenters. The summed E-state index contributed by atoms with van der Waals surface area (Å²) in [5, 5.41) is 12.4. The number of ether oxygens (including phenoxy) is 2. The molecule has 0 spiro atoms. The van der Waals surface area contributed by atoms with Crippen LogP contribution in [0.25, 0.3) is 0 Å². The molecule has 0 aliphatic carbocycles. The molecule has 6 nitrogen and oxygen atoms in total. The van der Waals surface area contributed by atoms with Crippen LogP contribution in [0.3, 0.4) is 0 Å². The molecule has 0 saturated carbocycles. The van der Waals surface area contributed by atoms with E-state index in [2.05, 4.69) is 5.32 Å². The molecular formula is C17H25NO5. The number of carbonyl (C=O) groups is 2. The van der Waals surface area contributed by atoms with Gasteiger partial charge in [0.05, 0.1) is 14.2 Å². The molecule has 1 aromatic carbocycles. The molecule has 0 saturated heterocycles. The summed E-state index contributed by atoms with van der Waals surface area (Å²) in [5.41, 5.74) is 0.847. The first-order chi connectivity index (χ1) is 10.9. The van der Waals surface area contributed by atoms with Gasteiger partial charge in [-0.15, -0.1) is 0 Å². The lowest BCUT2D eigenvalue weighted by Crippen LogP contribution is -2.47. The second-order valence-electron chi connectivity index (χ2n) is 5.78. The van der Waals surface area contributed by atoms with Gasteiger partial charge in [0.15, 0.2) is 0 Å². The van der Waals surface area contributed by atoms with E-state index in [0.717, 1.165) is 5.56 Å². The topological polar surface area (TPSA) is 84.9 Å². The maximum absolute atomic E-state index is 12.0. The lowest BCUT2D eigenvalue weighted by molar-refractivity contribution is -0.146. The largest absolute Gasteiger partial charge is 0.497 e. The van der Waals surface area contributed by atoms with Crippen molar-refractivity contribution in [2.24, 2.45) is 5.92 Å². The second kappa shape index (κ2) is 9.15. The first kappa shape index (κ1) is 19.0. The summed E-state index contributed by atoms with van der Waals surface area (Å²) in [6.07, 6.45) is -0.531. The number of hydrogen-bond acceptors (Lipinski definition) is 5. The van der Waals surface area contributed by atoms with Gasteiger partial charge in [0, 0.05) is 6.42 Å². The highest BCUT2D eigenvalue weighted by Crippen LogP contribution is 2.13. The summed E-state index contributed by atoms with van der Waals surface area (Å²) in [7, 11) is 2.84. The molecule has 2 N–H and O–H groups in total. The number of aliphatic hydroxyl groups excluding tert-OH is 1. The SMILES string of the molecule is COC(=O)[C@@H](Cc1ccc(OC)cc1)NC(=O)[C@@H](O)CC(C)C. The second-order valence-corrected chi connectivity index (χ2v) is 5.78.